The second-order valence-electron chi connectivity index (χ2n) is 11.4. The molecule has 0 unspecified atom stereocenters. The third-order valence-corrected chi connectivity index (χ3v) is 8.09. The van der Waals surface area contributed by atoms with Crippen molar-refractivity contribution in [2.45, 2.75) is 43.1 Å². The van der Waals surface area contributed by atoms with E-state index in [2.05, 4.69) is 20.5 Å². The molecule has 46 heavy (non-hydrogen) atoms. The Morgan fingerprint density at radius 1 is 1.09 bits per heavy atom. The molecule has 2 aliphatic rings. The average Bonchev–Trinajstić information content (AvgIpc) is 3.79. The van der Waals surface area contributed by atoms with Gasteiger partial charge in [-0.05, 0) is 74.4 Å². The van der Waals surface area contributed by atoms with Gasteiger partial charge in [-0.3, -0.25) is 9.59 Å². The van der Waals surface area contributed by atoms with E-state index >= 15 is 0 Å². The van der Waals surface area contributed by atoms with Crippen LogP contribution in [0.2, 0.25) is 0 Å². The van der Waals surface area contributed by atoms with Gasteiger partial charge in [0.25, 0.3) is 5.91 Å². The summed E-state index contributed by atoms with van der Waals surface area (Å²) >= 11 is 0. The van der Waals surface area contributed by atoms with Gasteiger partial charge in [0.1, 0.15) is 35.0 Å². The van der Waals surface area contributed by atoms with Crippen LogP contribution in [0.25, 0.3) is 22.4 Å². The van der Waals surface area contributed by atoms with Crippen LogP contribution < -0.4 is 20.5 Å². The first-order valence-electron chi connectivity index (χ1n) is 14.2. The number of benzene rings is 2. The van der Waals surface area contributed by atoms with E-state index in [0.29, 0.717) is 16.9 Å². The highest BCUT2D eigenvalue weighted by Crippen LogP contribution is 2.47. The van der Waals surface area contributed by atoms with Crippen LogP contribution in [0.15, 0.2) is 67.0 Å². The van der Waals surface area contributed by atoms with Crippen molar-refractivity contribution in [2.24, 2.45) is 5.73 Å². The molecular formula is C32H27F4N5O5. The summed E-state index contributed by atoms with van der Waals surface area (Å²) in [5.41, 5.74) is 0.372. The van der Waals surface area contributed by atoms with Crippen LogP contribution in [0.4, 0.5) is 17.6 Å². The van der Waals surface area contributed by atoms with Gasteiger partial charge in [-0.1, -0.05) is 0 Å². The maximum atomic E-state index is 14.8. The lowest BCUT2D eigenvalue weighted by Crippen LogP contribution is -2.51. The molecule has 2 atom stereocenters. The molecule has 0 radical (unpaired) electrons. The van der Waals surface area contributed by atoms with Crippen molar-refractivity contribution < 1.29 is 41.7 Å². The van der Waals surface area contributed by atoms with Crippen LogP contribution in [0, 0.1) is 5.82 Å². The Balaban J connectivity index is 1.38. The fourth-order valence-corrected chi connectivity index (χ4v) is 5.06. The quantitative estimate of drug-likeness (QED) is 0.231. The molecular weight excluding hydrogens is 610 g/mol. The van der Waals surface area contributed by atoms with Crippen molar-refractivity contribution in [2.75, 3.05) is 13.2 Å². The average molecular weight is 638 g/mol. The highest BCUT2D eigenvalue weighted by atomic mass is 19.4. The number of aromatic nitrogens is 3. The van der Waals surface area contributed by atoms with E-state index in [1.54, 1.807) is 12.1 Å². The molecule has 14 heteroatoms. The number of halogens is 4. The summed E-state index contributed by atoms with van der Waals surface area (Å²) in [4.78, 5) is 29.8. The van der Waals surface area contributed by atoms with Crippen LogP contribution in [0.1, 0.15) is 41.4 Å². The molecule has 6 rings (SSSR count). The van der Waals surface area contributed by atoms with Crippen molar-refractivity contribution in [3.05, 3.63) is 89.6 Å². The standard InChI is InChI=1S/C32H27F4N5O5/c1-30(29(37)43)16-45-27-23(30)13-25(41-26(27)17-2-5-20(33)6-3-17)31(44,32(34,35)36)15-38-28(42)18-4-9-24(46-21-7-8-21)22(12-18)19-10-11-39-40-14-19/h2-6,9-14,21,44H,7-8,15-16H2,1H3,(H2,37,43)(H,38,42)/t30-,31-/m0/s1. The smallest absolute Gasteiger partial charge is 0.424 e. The summed E-state index contributed by atoms with van der Waals surface area (Å²) < 4.78 is 69.6. The molecule has 2 aromatic carbocycles. The number of aliphatic hydroxyl groups is 1. The van der Waals surface area contributed by atoms with Gasteiger partial charge in [-0.25, -0.2) is 9.37 Å². The molecule has 3 heterocycles. The number of fused-ring (bicyclic) bond motifs is 1. The Bertz CT molecular complexity index is 1820. The number of alkyl halides is 3. The fraction of sp³-hybridized carbons (Fsp3) is 0.281. The van der Waals surface area contributed by atoms with Gasteiger partial charge in [0.2, 0.25) is 11.5 Å². The Morgan fingerprint density at radius 2 is 1.83 bits per heavy atom. The van der Waals surface area contributed by atoms with E-state index < -0.39 is 47.1 Å². The number of carbonyl (C=O) groups is 2. The van der Waals surface area contributed by atoms with Crippen molar-refractivity contribution in [1.82, 2.24) is 20.5 Å². The number of nitrogens with two attached hydrogens (primary N) is 1. The maximum absolute atomic E-state index is 14.8. The van der Waals surface area contributed by atoms with Crippen molar-refractivity contribution in [3.63, 3.8) is 0 Å². The van der Waals surface area contributed by atoms with Crippen LogP contribution in [0.3, 0.4) is 0 Å². The number of hydrogen-bond acceptors (Lipinski definition) is 8. The summed E-state index contributed by atoms with van der Waals surface area (Å²) in [5, 5.41) is 21.1. The normalized spacial score (nSPS) is 18.7. The second kappa shape index (κ2) is 11.4. The molecule has 4 aromatic rings. The zero-order chi connectivity index (χ0) is 32.9. The number of pyridine rings is 1. The maximum Gasteiger partial charge on any atom is 0.424 e. The zero-order valence-corrected chi connectivity index (χ0v) is 24.3. The minimum atomic E-state index is -5.36. The largest absolute Gasteiger partial charge is 0.490 e. The van der Waals surface area contributed by atoms with Gasteiger partial charge >= 0.3 is 6.18 Å². The lowest BCUT2D eigenvalue weighted by molar-refractivity contribution is -0.265. The number of primary amides is 1. The number of amides is 2. The van der Waals surface area contributed by atoms with Crippen molar-refractivity contribution in [1.29, 1.82) is 0 Å². The number of hydrogen-bond donors (Lipinski definition) is 3. The summed E-state index contributed by atoms with van der Waals surface area (Å²) in [6.07, 6.45) is -0.685. The minimum Gasteiger partial charge on any atom is -0.490 e. The number of rotatable bonds is 9. The molecule has 2 amide bonds. The summed E-state index contributed by atoms with van der Waals surface area (Å²) in [7, 11) is 0. The molecule has 2 aromatic heterocycles. The fourth-order valence-electron chi connectivity index (χ4n) is 5.06. The zero-order valence-electron chi connectivity index (χ0n) is 24.3. The molecule has 0 saturated heterocycles. The van der Waals surface area contributed by atoms with Gasteiger partial charge in [0, 0.05) is 27.8 Å². The predicted molar refractivity (Wildman–Crippen MR) is 155 cm³/mol. The van der Waals surface area contributed by atoms with Gasteiger partial charge in [-0.15, -0.1) is 0 Å². The lowest BCUT2D eigenvalue weighted by atomic mass is 9.81. The Labute approximate surface area is 259 Å². The lowest BCUT2D eigenvalue weighted by Gasteiger charge is -2.31. The molecule has 238 valence electrons. The SMILES string of the molecule is C[C@]1(C(N)=O)COc2c1cc([C@@](O)(CNC(=O)c1ccc(OC3CC3)c(-c3ccnnc3)c1)C(F)(F)F)nc2-c1ccc(F)cc1. The van der Waals surface area contributed by atoms with Gasteiger partial charge < -0.3 is 25.6 Å². The summed E-state index contributed by atoms with van der Waals surface area (Å²) in [6.45, 7) is -0.251. The van der Waals surface area contributed by atoms with E-state index in [-0.39, 0.29) is 40.8 Å². The number of carbonyl (C=O) groups excluding carboxylic acids is 2. The number of nitrogens with one attached hydrogen (secondary N) is 1. The summed E-state index contributed by atoms with van der Waals surface area (Å²) in [5.74, 6) is -1.98. The van der Waals surface area contributed by atoms with Crippen molar-refractivity contribution in [3.8, 4) is 33.9 Å². The third-order valence-electron chi connectivity index (χ3n) is 8.09. The van der Waals surface area contributed by atoms with E-state index in [1.165, 1.54) is 43.6 Å². The monoisotopic (exact) mass is 637 g/mol. The summed E-state index contributed by atoms with van der Waals surface area (Å²) in [6, 6.07) is 11.6. The van der Waals surface area contributed by atoms with Gasteiger partial charge in [-0.2, -0.15) is 23.4 Å². The van der Waals surface area contributed by atoms with Crippen LogP contribution >= 0.6 is 0 Å². The van der Waals surface area contributed by atoms with E-state index in [4.69, 9.17) is 15.2 Å². The number of nitrogens with zero attached hydrogens (tertiary/aromatic N) is 3. The Hall–Kier alpha value is -5.11. The molecule has 1 fully saturated rings. The minimum absolute atomic E-state index is 0.0110. The van der Waals surface area contributed by atoms with E-state index in [9.17, 15) is 32.3 Å². The van der Waals surface area contributed by atoms with Gasteiger partial charge in [0.15, 0.2) is 0 Å². The highest BCUT2D eigenvalue weighted by Gasteiger charge is 2.57. The molecule has 10 nitrogen and oxygen atoms in total. The Kier molecular flexibility index (Phi) is 7.63. The van der Waals surface area contributed by atoms with Gasteiger partial charge in [0.05, 0.1) is 30.7 Å². The first-order valence-corrected chi connectivity index (χ1v) is 14.2. The first kappa shape index (κ1) is 30.9. The van der Waals surface area contributed by atoms with E-state index in [0.717, 1.165) is 31.0 Å². The Morgan fingerprint density at radius 3 is 2.46 bits per heavy atom. The molecule has 0 bridgehead atoms. The van der Waals surface area contributed by atoms with E-state index in [1.807, 2.05) is 0 Å². The predicted octanol–water partition coefficient (Wildman–Crippen LogP) is 4.20. The topological polar surface area (TPSA) is 150 Å². The molecule has 0 spiro atoms. The molecule has 4 N–H and O–H groups in total. The molecule has 1 aliphatic heterocycles. The molecule has 1 aliphatic carbocycles. The van der Waals surface area contributed by atoms with Crippen LogP contribution in [-0.4, -0.2) is 57.5 Å². The first-order chi connectivity index (χ1) is 21.8. The van der Waals surface area contributed by atoms with Crippen molar-refractivity contribution >= 4 is 11.8 Å². The number of ether oxygens (including phenoxy) is 2. The molecule has 1 saturated carbocycles. The second-order valence-corrected chi connectivity index (χ2v) is 11.4. The van der Waals surface area contributed by atoms with Crippen LogP contribution in [0.5, 0.6) is 11.5 Å². The highest BCUT2D eigenvalue weighted by molar-refractivity contribution is 5.96. The van der Waals surface area contributed by atoms with Crippen LogP contribution in [-0.2, 0) is 15.8 Å². The third kappa shape index (κ3) is 5.60.